The van der Waals surface area contributed by atoms with Crippen molar-refractivity contribution < 1.29 is 24.6 Å². The fourth-order valence-electron chi connectivity index (χ4n) is 3.11. The van der Waals surface area contributed by atoms with Crippen LogP contribution in [0.5, 0.6) is 0 Å². The molecule has 0 aromatic carbocycles. The maximum Gasteiger partial charge on any atom is 0.326 e. The topological polar surface area (TPSA) is 107 Å². The molecule has 0 aromatic heterocycles. The number of nitrogens with one attached hydrogen (secondary N) is 1. The first-order chi connectivity index (χ1) is 12.4. The molecular formula is C18H32N2O5S. The summed E-state index contributed by atoms with van der Waals surface area (Å²) in [5, 5.41) is 21.4. The number of amides is 1. The van der Waals surface area contributed by atoms with E-state index in [0.29, 0.717) is 25.1 Å². The Morgan fingerprint density at radius 2 is 1.88 bits per heavy atom. The third-order valence-corrected chi connectivity index (χ3v) is 5.76. The summed E-state index contributed by atoms with van der Waals surface area (Å²) in [4.78, 5) is 36.5. The van der Waals surface area contributed by atoms with Gasteiger partial charge in [-0.2, -0.15) is 11.8 Å². The van der Waals surface area contributed by atoms with E-state index in [-0.39, 0.29) is 5.91 Å². The van der Waals surface area contributed by atoms with Crippen molar-refractivity contribution in [3.8, 4) is 0 Å². The Kier molecular flexibility index (Phi) is 10.7. The van der Waals surface area contributed by atoms with Crippen LogP contribution in [0.4, 0.5) is 0 Å². The number of hydrogen-bond donors (Lipinski definition) is 3. The number of hydrogen-bond acceptors (Lipinski definition) is 5. The van der Waals surface area contributed by atoms with Crippen molar-refractivity contribution in [2.45, 2.75) is 76.9 Å². The van der Waals surface area contributed by atoms with Crippen LogP contribution in [-0.4, -0.2) is 69.1 Å². The third-order valence-electron chi connectivity index (χ3n) is 4.62. The number of carbonyl (C=O) groups excluding carboxylic acids is 1. The molecule has 0 saturated carbocycles. The SMILES string of the molecule is CCCCCCCSC[C@H](NC(C)C(=O)N1CCC[C@H]1C(=O)O)C(=O)O. The maximum absolute atomic E-state index is 12.5. The van der Waals surface area contributed by atoms with Crippen molar-refractivity contribution >= 4 is 29.6 Å². The van der Waals surface area contributed by atoms with E-state index in [9.17, 15) is 24.6 Å². The standard InChI is InChI=1S/C18H32N2O5S/c1-3-4-5-6-7-11-26-12-14(17(22)23)19-13(2)16(21)20-10-8-9-15(20)18(24)25/h13-15,19H,3-12H2,1-2H3,(H,22,23)(H,24,25)/t13?,14-,15-/m0/s1. The molecule has 1 amide bonds. The fraction of sp³-hybridized carbons (Fsp3) is 0.833. The van der Waals surface area contributed by atoms with E-state index in [4.69, 9.17) is 0 Å². The molecule has 1 fully saturated rings. The Hall–Kier alpha value is -1.28. The van der Waals surface area contributed by atoms with Crippen molar-refractivity contribution in [2.75, 3.05) is 18.1 Å². The van der Waals surface area contributed by atoms with Gasteiger partial charge in [-0.15, -0.1) is 0 Å². The number of rotatable bonds is 13. The number of aliphatic carboxylic acids is 2. The van der Waals surface area contributed by atoms with Gasteiger partial charge in [0.2, 0.25) is 5.91 Å². The van der Waals surface area contributed by atoms with Crippen molar-refractivity contribution in [2.24, 2.45) is 0 Å². The number of unbranched alkanes of at least 4 members (excludes halogenated alkanes) is 4. The zero-order chi connectivity index (χ0) is 19.5. The Balaban J connectivity index is 2.41. The lowest BCUT2D eigenvalue weighted by Crippen LogP contribution is -2.53. The molecule has 8 heteroatoms. The molecule has 1 rings (SSSR count). The lowest BCUT2D eigenvalue weighted by molar-refractivity contribution is -0.149. The van der Waals surface area contributed by atoms with Crippen LogP contribution in [-0.2, 0) is 14.4 Å². The van der Waals surface area contributed by atoms with Gasteiger partial charge in [0.25, 0.3) is 0 Å². The number of thioether (sulfide) groups is 1. The second-order valence-corrected chi connectivity index (χ2v) is 7.95. The highest BCUT2D eigenvalue weighted by Gasteiger charge is 2.36. The van der Waals surface area contributed by atoms with E-state index in [2.05, 4.69) is 12.2 Å². The van der Waals surface area contributed by atoms with Gasteiger partial charge in [0.05, 0.1) is 6.04 Å². The number of likely N-dealkylation sites (tertiary alicyclic amines) is 1. The van der Waals surface area contributed by atoms with Crippen LogP contribution in [0, 0.1) is 0 Å². The van der Waals surface area contributed by atoms with E-state index in [1.807, 2.05) is 0 Å². The predicted octanol–water partition coefficient (Wildman–Crippen LogP) is 2.20. The van der Waals surface area contributed by atoms with Crippen molar-refractivity contribution in [3.05, 3.63) is 0 Å². The largest absolute Gasteiger partial charge is 0.480 e. The first-order valence-electron chi connectivity index (χ1n) is 9.48. The van der Waals surface area contributed by atoms with Gasteiger partial charge in [-0.3, -0.25) is 14.9 Å². The molecule has 1 aliphatic heterocycles. The van der Waals surface area contributed by atoms with E-state index in [0.717, 1.165) is 18.6 Å². The first kappa shape index (κ1) is 22.8. The van der Waals surface area contributed by atoms with Gasteiger partial charge >= 0.3 is 11.9 Å². The van der Waals surface area contributed by atoms with Gasteiger partial charge in [-0.25, -0.2) is 4.79 Å². The molecule has 3 N–H and O–H groups in total. The number of carbonyl (C=O) groups is 3. The van der Waals surface area contributed by atoms with Crippen LogP contribution in [0.3, 0.4) is 0 Å². The summed E-state index contributed by atoms with van der Waals surface area (Å²) in [5.41, 5.74) is 0. The Bertz CT molecular complexity index is 474. The summed E-state index contributed by atoms with van der Waals surface area (Å²) in [6.45, 7) is 4.18. The van der Waals surface area contributed by atoms with Crippen LogP contribution >= 0.6 is 11.8 Å². The molecule has 150 valence electrons. The molecule has 7 nitrogen and oxygen atoms in total. The Morgan fingerprint density at radius 1 is 1.19 bits per heavy atom. The zero-order valence-electron chi connectivity index (χ0n) is 15.8. The van der Waals surface area contributed by atoms with Gasteiger partial charge in [-0.05, 0) is 31.9 Å². The van der Waals surface area contributed by atoms with Crippen LogP contribution in [0.15, 0.2) is 0 Å². The molecule has 0 aromatic rings. The molecular weight excluding hydrogens is 356 g/mol. The zero-order valence-corrected chi connectivity index (χ0v) is 16.6. The van der Waals surface area contributed by atoms with Gasteiger partial charge in [0.1, 0.15) is 12.1 Å². The molecule has 26 heavy (non-hydrogen) atoms. The number of carboxylic acids is 2. The molecule has 0 aliphatic carbocycles. The molecule has 0 bridgehead atoms. The minimum absolute atomic E-state index is 0.342. The monoisotopic (exact) mass is 388 g/mol. The van der Waals surface area contributed by atoms with E-state index in [1.165, 1.54) is 24.2 Å². The van der Waals surface area contributed by atoms with Crippen LogP contribution in [0.2, 0.25) is 0 Å². The number of nitrogens with zero attached hydrogens (tertiary/aromatic N) is 1. The molecule has 0 spiro atoms. The summed E-state index contributed by atoms with van der Waals surface area (Å²) in [6.07, 6.45) is 6.98. The van der Waals surface area contributed by atoms with E-state index < -0.39 is 30.1 Å². The average molecular weight is 389 g/mol. The molecule has 1 saturated heterocycles. The molecule has 1 aliphatic rings. The van der Waals surface area contributed by atoms with Gasteiger partial charge < -0.3 is 15.1 Å². The van der Waals surface area contributed by atoms with E-state index in [1.54, 1.807) is 18.7 Å². The second kappa shape index (κ2) is 12.2. The summed E-state index contributed by atoms with van der Waals surface area (Å²) >= 11 is 1.58. The van der Waals surface area contributed by atoms with E-state index >= 15 is 0 Å². The second-order valence-electron chi connectivity index (χ2n) is 6.80. The van der Waals surface area contributed by atoms with Crippen molar-refractivity contribution in [1.82, 2.24) is 10.2 Å². The van der Waals surface area contributed by atoms with Crippen molar-refractivity contribution in [3.63, 3.8) is 0 Å². The summed E-state index contributed by atoms with van der Waals surface area (Å²) in [7, 11) is 0. The molecule has 1 heterocycles. The lowest BCUT2D eigenvalue weighted by Gasteiger charge is -2.27. The average Bonchev–Trinajstić information content (AvgIpc) is 3.08. The molecule has 1 unspecified atom stereocenters. The van der Waals surface area contributed by atoms with Gasteiger partial charge in [0.15, 0.2) is 0 Å². The highest BCUT2D eigenvalue weighted by Crippen LogP contribution is 2.19. The van der Waals surface area contributed by atoms with Crippen LogP contribution in [0.1, 0.15) is 58.8 Å². The number of carboxylic acid groups (broad SMARTS) is 2. The highest BCUT2D eigenvalue weighted by molar-refractivity contribution is 7.99. The smallest absolute Gasteiger partial charge is 0.326 e. The lowest BCUT2D eigenvalue weighted by atomic mass is 10.2. The normalized spacial score (nSPS) is 19.3. The maximum atomic E-state index is 12.5. The third kappa shape index (κ3) is 7.53. The minimum atomic E-state index is -1.00. The predicted molar refractivity (Wildman–Crippen MR) is 102 cm³/mol. The molecule has 0 radical (unpaired) electrons. The summed E-state index contributed by atoms with van der Waals surface area (Å²) in [6, 6.07) is -2.34. The quantitative estimate of drug-likeness (QED) is 0.415. The van der Waals surface area contributed by atoms with Crippen molar-refractivity contribution in [1.29, 1.82) is 0 Å². The minimum Gasteiger partial charge on any atom is -0.480 e. The summed E-state index contributed by atoms with van der Waals surface area (Å²) < 4.78 is 0. The Morgan fingerprint density at radius 3 is 2.50 bits per heavy atom. The Labute approximate surface area is 159 Å². The first-order valence-corrected chi connectivity index (χ1v) is 10.6. The summed E-state index contributed by atoms with van der Waals surface area (Å²) in [5.74, 6) is -1.03. The van der Waals surface area contributed by atoms with Gasteiger partial charge in [-0.1, -0.05) is 32.6 Å². The van der Waals surface area contributed by atoms with Gasteiger partial charge in [0, 0.05) is 12.3 Å². The highest BCUT2D eigenvalue weighted by atomic mass is 32.2. The van der Waals surface area contributed by atoms with Crippen LogP contribution in [0.25, 0.3) is 0 Å². The fourth-order valence-corrected chi connectivity index (χ4v) is 4.16. The molecule has 3 atom stereocenters. The van der Waals surface area contributed by atoms with Crippen LogP contribution < -0.4 is 5.32 Å².